The SMILES string of the molecule is COc1ccc(S(=O)(=O)CCCO)cc1C. The van der Waals surface area contributed by atoms with Gasteiger partial charge in [-0.25, -0.2) is 8.42 Å². The maximum Gasteiger partial charge on any atom is 0.178 e. The first-order valence-electron chi connectivity index (χ1n) is 4.99. The lowest BCUT2D eigenvalue weighted by Crippen LogP contribution is -2.08. The molecule has 0 amide bonds. The lowest BCUT2D eigenvalue weighted by Gasteiger charge is -2.07. The summed E-state index contributed by atoms with van der Waals surface area (Å²) < 4.78 is 28.6. The van der Waals surface area contributed by atoms with Crippen molar-refractivity contribution in [2.45, 2.75) is 18.2 Å². The van der Waals surface area contributed by atoms with Crippen LogP contribution in [0.15, 0.2) is 23.1 Å². The van der Waals surface area contributed by atoms with Crippen molar-refractivity contribution in [3.63, 3.8) is 0 Å². The predicted molar refractivity (Wildman–Crippen MR) is 61.5 cm³/mol. The molecule has 0 atom stereocenters. The van der Waals surface area contributed by atoms with Crippen LogP contribution in [0, 0.1) is 6.92 Å². The van der Waals surface area contributed by atoms with Crippen molar-refractivity contribution in [2.24, 2.45) is 0 Å². The van der Waals surface area contributed by atoms with Crippen LogP contribution >= 0.6 is 0 Å². The summed E-state index contributed by atoms with van der Waals surface area (Å²) in [5.74, 6) is 0.635. The second-order valence-electron chi connectivity index (χ2n) is 3.53. The molecule has 1 rings (SSSR count). The van der Waals surface area contributed by atoms with Gasteiger partial charge in [0.1, 0.15) is 5.75 Å². The van der Waals surface area contributed by atoms with Crippen LogP contribution in [0.25, 0.3) is 0 Å². The highest BCUT2D eigenvalue weighted by molar-refractivity contribution is 7.91. The van der Waals surface area contributed by atoms with Gasteiger partial charge in [-0.1, -0.05) is 0 Å². The Morgan fingerprint density at radius 3 is 2.56 bits per heavy atom. The molecule has 16 heavy (non-hydrogen) atoms. The number of benzene rings is 1. The Morgan fingerprint density at radius 2 is 2.06 bits per heavy atom. The predicted octanol–water partition coefficient (Wildman–Crippen LogP) is 1.16. The third kappa shape index (κ3) is 2.96. The van der Waals surface area contributed by atoms with Crippen LogP contribution in [0.3, 0.4) is 0 Å². The average molecular weight is 244 g/mol. The number of aliphatic hydroxyl groups excluding tert-OH is 1. The van der Waals surface area contributed by atoms with E-state index in [1.807, 2.05) is 0 Å². The molecular formula is C11H16O4S. The summed E-state index contributed by atoms with van der Waals surface area (Å²) in [6, 6.07) is 4.76. The zero-order valence-corrected chi connectivity index (χ0v) is 10.3. The Hall–Kier alpha value is -1.07. The van der Waals surface area contributed by atoms with Gasteiger partial charge < -0.3 is 9.84 Å². The van der Waals surface area contributed by atoms with E-state index in [0.29, 0.717) is 5.75 Å². The van der Waals surface area contributed by atoms with E-state index in [0.717, 1.165) is 5.56 Å². The highest BCUT2D eigenvalue weighted by Crippen LogP contribution is 2.22. The number of aryl methyl sites for hydroxylation is 1. The number of ether oxygens (including phenoxy) is 1. The number of hydrogen-bond donors (Lipinski definition) is 1. The van der Waals surface area contributed by atoms with Gasteiger partial charge in [-0.15, -0.1) is 0 Å². The van der Waals surface area contributed by atoms with E-state index in [-0.39, 0.29) is 23.7 Å². The van der Waals surface area contributed by atoms with E-state index < -0.39 is 9.84 Å². The second-order valence-corrected chi connectivity index (χ2v) is 5.64. The number of aliphatic hydroxyl groups is 1. The molecule has 90 valence electrons. The molecule has 0 radical (unpaired) electrons. The van der Waals surface area contributed by atoms with Gasteiger partial charge in [-0.3, -0.25) is 0 Å². The minimum atomic E-state index is -3.29. The summed E-state index contributed by atoms with van der Waals surface area (Å²) in [6.07, 6.45) is 0.257. The first-order chi connectivity index (χ1) is 7.51. The molecule has 0 bridgehead atoms. The van der Waals surface area contributed by atoms with Crippen LogP contribution in [0.2, 0.25) is 0 Å². The Morgan fingerprint density at radius 1 is 1.38 bits per heavy atom. The molecule has 5 heteroatoms. The molecule has 1 aromatic carbocycles. The van der Waals surface area contributed by atoms with Gasteiger partial charge in [-0.2, -0.15) is 0 Å². The van der Waals surface area contributed by atoms with Gasteiger partial charge in [0.15, 0.2) is 9.84 Å². The van der Waals surface area contributed by atoms with E-state index in [9.17, 15) is 8.42 Å². The number of hydrogen-bond acceptors (Lipinski definition) is 4. The highest BCUT2D eigenvalue weighted by Gasteiger charge is 2.14. The largest absolute Gasteiger partial charge is 0.496 e. The summed E-state index contributed by atoms with van der Waals surface area (Å²) in [5, 5.41) is 8.63. The molecule has 0 aliphatic carbocycles. The minimum absolute atomic E-state index is 0.0325. The number of methoxy groups -OCH3 is 1. The molecule has 0 heterocycles. The lowest BCUT2D eigenvalue weighted by atomic mass is 10.2. The number of rotatable bonds is 5. The Kier molecular flexibility index (Phi) is 4.32. The third-order valence-corrected chi connectivity index (χ3v) is 4.09. The first kappa shape index (κ1) is 13.0. The monoisotopic (exact) mass is 244 g/mol. The lowest BCUT2D eigenvalue weighted by molar-refractivity contribution is 0.295. The van der Waals surface area contributed by atoms with Gasteiger partial charge in [-0.05, 0) is 37.1 Å². The molecule has 4 nitrogen and oxygen atoms in total. The molecule has 0 aliphatic rings. The van der Waals surface area contributed by atoms with Gasteiger partial charge >= 0.3 is 0 Å². The first-order valence-corrected chi connectivity index (χ1v) is 6.65. The van der Waals surface area contributed by atoms with Crippen molar-refractivity contribution in [3.05, 3.63) is 23.8 Å². The van der Waals surface area contributed by atoms with Crippen molar-refractivity contribution in [3.8, 4) is 5.75 Å². The van der Waals surface area contributed by atoms with Crippen molar-refractivity contribution in [1.82, 2.24) is 0 Å². The zero-order chi connectivity index (χ0) is 12.2. The summed E-state index contributed by atoms with van der Waals surface area (Å²) in [5.41, 5.74) is 0.785. The average Bonchev–Trinajstić information content (AvgIpc) is 2.26. The van der Waals surface area contributed by atoms with Gasteiger partial charge in [0.2, 0.25) is 0 Å². The zero-order valence-electron chi connectivity index (χ0n) is 9.43. The number of sulfone groups is 1. The third-order valence-electron chi connectivity index (χ3n) is 2.30. The Balaban J connectivity index is 3.01. The quantitative estimate of drug-likeness (QED) is 0.844. The van der Waals surface area contributed by atoms with Crippen molar-refractivity contribution < 1.29 is 18.3 Å². The Labute approximate surface area is 95.8 Å². The molecule has 0 spiro atoms. The van der Waals surface area contributed by atoms with E-state index >= 15 is 0 Å². The standard InChI is InChI=1S/C11H16O4S/c1-9-8-10(4-5-11(9)15-2)16(13,14)7-3-6-12/h4-5,8,12H,3,6-7H2,1-2H3. The van der Waals surface area contributed by atoms with Crippen LogP contribution < -0.4 is 4.74 Å². The van der Waals surface area contributed by atoms with Crippen LogP contribution in [-0.2, 0) is 9.84 Å². The second kappa shape index (κ2) is 5.32. The van der Waals surface area contributed by atoms with Crippen LogP contribution in [0.5, 0.6) is 5.75 Å². The summed E-state index contributed by atoms with van der Waals surface area (Å²) in [4.78, 5) is 0.277. The summed E-state index contributed by atoms with van der Waals surface area (Å²) in [7, 11) is -1.74. The smallest absolute Gasteiger partial charge is 0.178 e. The molecular weight excluding hydrogens is 228 g/mol. The fourth-order valence-corrected chi connectivity index (χ4v) is 2.79. The maximum absolute atomic E-state index is 11.8. The Bertz CT molecular complexity index is 451. The van der Waals surface area contributed by atoms with E-state index in [2.05, 4.69) is 0 Å². The van der Waals surface area contributed by atoms with E-state index in [4.69, 9.17) is 9.84 Å². The molecule has 0 aliphatic heterocycles. The van der Waals surface area contributed by atoms with E-state index in [1.54, 1.807) is 26.2 Å². The highest BCUT2D eigenvalue weighted by atomic mass is 32.2. The topological polar surface area (TPSA) is 63.6 Å². The molecule has 0 fully saturated rings. The molecule has 0 saturated carbocycles. The summed E-state index contributed by atoms with van der Waals surface area (Å²) in [6.45, 7) is 1.68. The molecule has 0 unspecified atom stereocenters. The van der Waals surface area contributed by atoms with Crippen molar-refractivity contribution >= 4 is 9.84 Å². The fraction of sp³-hybridized carbons (Fsp3) is 0.455. The van der Waals surface area contributed by atoms with Crippen LogP contribution in [0.4, 0.5) is 0 Å². The molecule has 1 aromatic rings. The van der Waals surface area contributed by atoms with Crippen molar-refractivity contribution in [2.75, 3.05) is 19.5 Å². The van der Waals surface area contributed by atoms with Crippen molar-refractivity contribution in [1.29, 1.82) is 0 Å². The van der Waals surface area contributed by atoms with E-state index in [1.165, 1.54) is 6.07 Å². The normalized spacial score (nSPS) is 11.4. The molecule has 0 saturated heterocycles. The van der Waals surface area contributed by atoms with Gasteiger partial charge in [0, 0.05) is 6.61 Å². The molecule has 0 aromatic heterocycles. The van der Waals surface area contributed by atoms with Gasteiger partial charge in [0.25, 0.3) is 0 Å². The van der Waals surface area contributed by atoms with Crippen LogP contribution in [0.1, 0.15) is 12.0 Å². The van der Waals surface area contributed by atoms with Crippen LogP contribution in [-0.4, -0.2) is 33.0 Å². The fourth-order valence-electron chi connectivity index (χ4n) is 1.42. The van der Waals surface area contributed by atoms with Gasteiger partial charge in [0.05, 0.1) is 17.8 Å². The minimum Gasteiger partial charge on any atom is -0.496 e. The summed E-state index contributed by atoms with van der Waals surface area (Å²) >= 11 is 0. The maximum atomic E-state index is 11.8. The molecule has 1 N–H and O–H groups in total.